The fourth-order valence-corrected chi connectivity index (χ4v) is 5.41. The lowest BCUT2D eigenvalue weighted by Crippen LogP contribution is -2.46. The third kappa shape index (κ3) is 4.40. The third-order valence-corrected chi connectivity index (χ3v) is 7.99. The predicted molar refractivity (Wildman–Crippen MR) is 111 cm³/mol. The van der Waals surface area contributed by atoms with E-state index >= 15 is 4.39 Å². The zero-order valence-corrected chi connectivity index (χ0v) is 18.2. The fourth-order valence-electron chi connectivity index (χ4n) is 3.78. The standard InChI is InChI=1S/C21H22F3N5O2S/c1-28-26-20(25-27-28)16-3-6-18(7-4-16)32(30,31)21(24)9-12-29(13-10-21)11-8-15-2-5-17(22)14-19(15)23/h2-7,14H,8-13H2,1H3. The van der Waals surface area contributed by atoms with Crippen LogP contribution in [0, 0.1) is 11.6 Å². The number of aryl methyl sites for hydroxylation is 1. The Morgan fingerprint density at radius 1 is 1.06 bits per heavy atom. The summed E-state index contributed by atoms with van der Waals surface area (Å²) in [4.78, 5) is 3.07. The average Bonchev–Trinajstić information content (AvgIpc) is 3.21. The van der Waals surface area contributed by atoms with E-state index in [1.807, 2.05) is 4.90 Å². The molecular formula is C21H22F3N5O2S. The Morgan fingerprint density at radius 2 is 1.75 bits per heavy atom. The molecular weight excluding hydrogens is 443 g/mol. The second-order valence-corrected chi connectivity index (χ2v) is 10.1. The molecule has 0 amide bonds. The lowest BCUT2D eigenvalue weighted by molar-refractivity contribution is 0.120. The van der Waals surface area contributed by atoms with Gasteiger partial charge in [-0.05, 0) is 47.5 Å². The highest BCUT2D eigenvalue weighted by Gasteiger charge is 2.47. The van der Waals surface area contributed by atoms with E-state index in [1.54, 1.807) is 7.05 Å². The van der Waals surface area contributed by atoms with Crippen LogP contribution >= 0.6 is 0 Å². The summed E-state index contributed by atoms with van der Waals surface area (Å²) < 4.78 is 68.4. The first-order chi connectivity index (χ1) is 15.2. The number of sulfone groups is 1. The molecule has 3 aromatic rings. The molecule has 0 radical (unpaired) electrons. The van der Waals surface area contributed by atoms with E-state index < -0.39 is 26.5 Å². The highest BCUT2D eigenvalue weighted by Crippen LogP contribution is 2.37. The largest absolute Gasteiger partial charge is 0.303 e. The summed E-state index contributed by atoms with van der Waals surface area (Å²) in [5.41, 5.74) is 0.946. The van der Waals surface area contributed by atoms with E-state index in [-0.39, 0.29) is 30.8 Å². The first-order valence-electron chi connectivity index (χ1n) is 10.1. The lowest BCUT2D eigenvalue weighted by Gasteiger charge is -2.36. The van der Waals surface area contributed by atoms with Gasteiger partial charge in [-0.1, -0.05) is 6.07 Å². The molecule has 11 heteroatoms. The number of rotatable bonds is 6. The normalized spacial score (nSPS) is 16.9. The van der Waals surface area contributed by atoms with Crippen molar-refractivity contribution in [2.24, 2.45) is 7.05 Å². The Kier molecular flexibility index (Phi) is 6.04. The van der Waals surface area contributed by atoms with Crippen LogP contribution in [0.15, 0.2) is 47.4 Å². The van der Waals surface area contributed by atoms with Gasteiger partial charge in [-0.25, -0.2) is 21.6 Å². The van der Waals surface area contributed by atoms with Crippen LogP contribution in [0.2, 0.25) is 0 Å². The summed E-state index contributed by atoms with van der Waals surface area (Å²) in [6, 6.07) is 9.17. The van der Waals surface area contributed by atoms with E-state index in [0.29, 0.717) is 29.9 Å². The number of tetrazole rings is 1. The quantitative estimate of drug-likeness (QED) is 0.557. The summed E-state index contributed by atoms with van der Waals surface area (Å²) >= 11 is 0. The third-order valence-electron chi connectivity index (χ3n) is 5.73. The van der Waals surface area contributed by atoms with Gasteiger partial charge in [0, 0.05) is 44.1 Å². The molecule has 32 heavy (non-hydrogen) atoms. The van der Waals surface area contributed by atoms with E-state index in [2.05, 4.69) is 15.4 Å². The molecule has 1 aromatic heterocycles. The first-order valence-corrected chi connectivity index (χ1v) is 11.6. The van der Waals surface area contributed by atoms with Crippen LogP contribution in [0.1, 0.15) is 18.4 Å². The number of benzene rings is 2. The predicted octanol–water partition coefficient (Wildman–Crippen LogP) is 2.93. The summed E-state index contributed by atoms with van der Waals surface area (Å²) in [5.74, 6) is -0.917. The van der Waals surface area contributed by atoms with Gasteiger partial charge >= 0.3 is 0 Å². The number of nitrogens with zero attached hydrogens (tertiary/aromatic N) is 5. The highest BCUT2D eigenvalue weighted by atomic mass is 32.2. The van der Waals surface area contributed by atoms with E-state index in [4.69, 9.17) is 0 Å². The maximum absolute atomic E-state index is 15.6. The summed E-state index contributed by atoms with van der Waals surface area (Å²) in [5, 5.41) is 9.28. The lowest BCUT2D eigenvalue weighted by atomic mass is 10.1. The van der Waals surface area contributed by atoms with Crippen molar-refractivity contribution < 1.29 is 21.6 Å². The monoisotopic (exact) mass is 465 g/mol. The molecule has 0 saturated carbocycles. The van der Waals surface area contributed by atoms with Gasteiger partial charge in [-0.2, -0.15) is 4.80 Å². The smallest absolute Gasteiger partial charge is 0.217 e. The van der Waals surface area contributed by atoms with Crippen LogP contribution in [0.5, 0.6) is 0 Å². The summed E-state index contributed by atoms with van der Waals surface area (Å²) in [6.45, 7) is 0.874. The molecule has 1 aliphatic rings. The molecule has 0 unspecified atom stereocenters. The minimum atomic E-state index is -4.21. The van der Waals surface area contributed by atoms with Gasteiger partial charge in [0.15, 0.2) is 0 Å². The van der Waals surface area contributed by atoms with E-state index in [9.17, 15) is 17.2 Å². The van der Waals surface area contributed by atoms with Crippen LogP contribution in [0.25, 0.3) is 11.4 Å². The molecule has 1 saturated heterocycles. The Labute approximate surface area is 183 Å². The number of halogens is 3. The maximum atomic E-state index is 15.6. The van der Waals surface area contributed by atoms with Gasteiger partial charge in [0.1, 0.15) is 11.6 Å². The Balaban J connectivity index is 1.40. The Bertz CT molecular complexity index is 1210. The molecule has 0 bridgehead atoms. The first kappa shape index (κ1) is 22.4. The maximum Gasteiger partial charge on any atom is 0.217 e. The number of alkyl halides is 1. The average molecular weight is 466 g/mol. The number of hydrogen-bond donors (Lipinski definition) is 0. The summed E-state index contributed by atoms with van der Waals surface area (Å²) in [7, 11) is -2.60. The molecule has 2 aromatic carbocycles. The molecule has 1 aliphatic heterocycles. The summed E-state index contributed by atoms with van der Waals surface area (Å²) in [6.07, 6.45) is -0.0422. The zero-order valence-electron chi connectivity index (χ0n) is 17.4. The topological polar surface area (TPSA) is 81.0 Å². The molecule has 170 valence electrons. The van der Waals surface area contributed by atoms with Gasteiger partial charge in [-0.15, -0.1) is 10.2 Å². The highest BCUT2D eigenvalue weighted by molar-refractivity contribution is 7.92. The SMILES string of the molecule is Cn1nnc(-c2ccc(S(=O)(=O)C3(F)CCN(CCc4ccc(F)cc4F)CC3)cc2)n1. The molecule has 0 aliphatic carbocycles. The van der Waals surface area contributed by atoms with Gasteiger partial charge in [0.05, 0.1) is 11.9 Å². The van der Waals surface area contributed by atoms with Crippen LogP contribution < -0.4 is 0 Å². The van der Waals surface area contributed by atoms with Crippen molar-refractivity contribution in [2.75, 3.05) is 19.6 Å². The molecule has 2 heterocycles. The van der Waals surface area contributed by atoms with Crippen molar-refractivity contribution in [2.45, 2.75) is 29.2 Å². The van der Waals surface area contributed by atoms with Crippen molar-refractivity contribution in [1.82, 2.24) is 25.1 Å². The van der Waals surface area contributed by atoms with E-state index in [0.717, 1.165) is 6.07 Å². The number of hydrogen-bond acceptors (Lipinski definition) is 6. The second-order valence-electron chi connectivity index (χ2n) is 7.84. The minimum Gasteiger partial charge on any atom is -0.303 e. The van der Waals surface area contributed by atoms with Gasteiger partial charge < -0.3 is 4.90 Å². The van der Waals surface area contributed by atoms with Crippen LogP contribution in [-0.4, -0.2) is 58.2 Å². The second kappa shape index (κ2) is 8.62. The van der Waals surface area contributed by atoms with Gasteiger partial charge in [-0.3, -0.25) is 0 Å². The fraction of sp³-hybridized carbons (Fsp3) is 0.381. The molecule has 0 spiro atoms. The molecule has 0 atom stereocenters. The van der Waals surface area contributed by atoms with Crippen LogP contribution in [0.3, 0.4) is 0 Å². The number of aromatic nitrogens is 4. The van der Waals surface area contributed by atoms with Crippen LogP contribution in [0.4, 0.5) is 13.2 Å². The Hall–Kier alpha value is -2.79. The minimum absolute atomic E-state index is 0.102. The van der Waals surface area contributed by atoms with E-state index in [1.165, 1.54) is 41.2 Å². The van der Waals surface area contributed by atoms with Gasteiger partial charge in [0.25, 0.3) is 0 Å². The van der Waals surface area contributed by atoms with Crippen LogP contribution in [-0.2, 0) is 23.3 Å². The zero-order chi connectivity index (χ0) is 22.9. The van der Waals surface area contributed by atoms with Crippen molar-refractivity contribution in [1.29, 1.82) is 0 Å². The molecule has 4 rings (SSSR count). The Morgan fingerprint density at radius 3 is 2.34 bits per heavy atom. The van der Waals surface area contributed by atoms with Crippen molar-refractivity contribution in [3.63, 3.8) is 0 Å². The van der Waals surface area contributed by atoms with Crippen molar-refractivity contribution >= 4 is 9.84 Å². The number of piperidine rings is 1. The van der Waals surface area contributed by atoms with Crippen molar-refractivity contribution in [3.05, 3.63) is 59.7 Å². The molecule has 7 nitrogen and oxygen atoms in total. The van der Waals surface area contributed by atoms with Gasteiger partial charge in [0.2, 0.25) is 20.7 Å². The molecule has 0 N–H and O–H groups in total. The van der Waals surface area contributed by atoms with Crippen molar-refractivity contribution in [3.8, 4) is 11.4 Å². The molecule has 1 fully saturated rings. The number of likely N-dealkylation sites (tertiary alicyclic amines) is 1.